The second kappa shape index (κ2) is 7.47. The van der Waals surface area contributed by atoms with E-state index >= 15 is 0 Å². The molecule has 1 heterocycles. The number of nitrogens with zero attached hydrogens (tertiary/aromatic N) is 1. The number of likely N-dealkylation sites (tertiary alicyclic amines) is 1. The highest BCUT2D eigenvalue weighted by molar-refractivity contribution is 7.98. The normalized spacial score (nSPS) is 21.8. The average molecular weight is 351 g/mol. The molecule has 1 aliphatic rings. The van der Waals surface area contributed by atoms with Crippen LogP contribution < -0.4 is 4.74 Å². The fraction of sp³-hybridized carbons (Fsp3) is 0.556. The summed E-state index contributed by atoms with van der Waals surface area (Å²) in [5.74, 6) is -0.369. The summed E-state index contributed by atoms with van der Waals surface area (Å²) >= 11 is 1.64. The fourth-order valence-electron chi connectivity index (χ4n) is 3.08. The Morgan fingerprint density at radius 1 is 1.25 bits per heavy atom. The Kier molecular flexibility index (Phi) is 5.80. The van der Waals surface area contributed by atoms with E-state index in [4.69, 9.17) is 4.74 Å². The first-order chi connectivity index (χ1) is 11.3. The summed E-state index contributed by atoms with van der Waals surface area (Å²) in [5, 5.41) is 9.59. The molecule has 1 saturated heterocycles. The standard InChI is InChI=1S/C18H25NO4S/c1-12(2)18(17(21)22)9-10-19(11-18)16(20)13(3)23-14-5-7-15(24-4)8-6-14/h5-8,12-13H,9-11H2,1-4H3,(H,21,22). The molecule has 0 aliphatic carbocycles. The summed E-state index contributed by atoms with van der Waals surface area (Å²) in [6.07, 6.45) is 1.85. The number of hydrogen-bond acceptors (Lipinski definition) is 4. The van der Waals surface area contributed by atoms with Gasteiger partial charge in [0.25, 0.3) is 5.91 Å². The third-order valence-electron chi connectivity index (χ3n) is 4.86. The van der Waals surface area contributed by atoms with Crippen molar-refractivity contribution in [2.75, 3.05) is 19.3 Å². The minimum absolute atomic E-state index is 0.0249. The minimum atomic E-state index is -0.852. The SMILES string of the molecule is CSc1ccc(OC(C)C(=O)N2CCC(C(=O)O)(C(C)C)C2)cc1. The van der Waals surface area contributed by atoms with Gasteiger partial charge in [0.2, 0.25) is 0 Å². The van der Waals surface area contributed by atoms with Gasteiger partial charge in [-0.2, -0.15) is 0 Å². The van der Waals surface area contributed by atoms with E-state index in [-0.39, 0.29) is 18.4 Å². The third-order valence-corrected chi connectivity index (χ3v) is 5.61. The molecule has 2 rings (SSSR count). The van der Waals surface area contributed by atoms with Crippen molar-refractivity contribution >= 4 is 23.6 Å². The first kappa shape index (κ1) is 18.6. The second-order valence-corrected chi connectivity index (χ2v) is 7.44. The van der Waals surface area contributed by atoms with Gasteiger partial charge in [0.1, 0.15) is 5.75 Å². The predicted molar refractivity (Wildman–Crippen MR) is 94.4 cm³/mol. The summed E-state index contributed by atoms with van der Waals surface area (Å²) in [6, 6.07) is 7.58. The van der Waals surface area contributed by atoms with Crippen molar-refractivity contribution in [3.63, 3.8) is 0 Å². The highest BCUT2D eigenvalue weighted by Gasteiger charge is 2.49. The van der Waals surface area contributed by atoms with E-state index in [2.05, 4.69) is 0 Å². The molecule has 1 N–H and O–H groups in total. The number of carboxylic acid groups (broad SMARTS) is 1. The van der Waals surface area contributed by atoms with Crippen molar-refractivity contribution in [3.05, 3.63) is 24.3 Å². The van der Waals surface area contributed by atoms with Gasteiger partial charge in [-0.05, 0) is 49.8 Å². The molecular weight excluding hydrogens is 326 g/mol. The zero-order chi connectivity index (χ0) is 17.9. The van der Waals surface area contributed by atoms with Crippen molar-refractivity contribution in [3.8, 4) is 5.75 Å². The van der Waals surface area contributed by atoms with Gasteiger partial charge in [0, 0.05) is 18.0 Å². The van der Waals surface area contributed by atoms with Crippen molar-refractivity contribution in [2.45, 2.75) is 38.2 Å². The number of thioether (sulfide) groups is 1. The molecule has 0 bridgehead atoms. The summed E-state index contributed by atoms with van der Waals surface area (Å²) in [7, 11) is 0. The molecule has 5 nitrogen and oxygen atoms in total. The predicted octanol–water partition coefficient (Wildman–Crippen LogP) is 3.14. The van der Waals surface area contributed by atoms with Gasteiger partial charge in [-0.3, -0.25) is 9.59 Å². The maximum absolute atomic E-state index is 12.6. The lowest BCUT2D eigenvalue weighted by Crippen LogP contribution is -2.44. The van der Waals surface area contributed by atoms with Crippen LogP contribution in [0, 0.1) is 11.3 Å². The van der Waals surface area contributed by atoms with Gasteiger partial charge in [0.05, 0.1) is 5.41 Å². The number of amides is 1. The monoisotopic (exact) mass is 351 g/mol. The van der Waals surface area contributed by atoms with Gasteiger partial charge in [-0.1, -0.05) is 13.8 Å². The maximum Gasteiger partial charge on any atom is 0.311 e. The molecule has 0 aromatic heterocycles. The lowest BCUT2D eigenvalue weighted by atomic mass is 9.76. The molecule has 1 fully saturated rings. The Morgan fingerprint density at radius 3 is 2.33 bits per heavy atom. The van der Waals surface area contributed by atoms with Crippen LogP contribution in [0.2, 0.25) is 0 Å². The van der Waals surface area contributed by atoms with Gasteiger partial charge in [0.15, 0.2) is 6.10 Å². The maximum atomic E-state index is 12.6. The lowest BCUT2D eigenvalue weighted by molar-refractivity contribution is -0.151. The van der Waals surface area contributed by atoms with Crippen LogP contribution in [0.25, 0.3) is 0 Å². The second-order valence-electron chi connectivity index (χ2n) is 6.56. The van der Waals surface area contributed by atoms with Crippen LogP contribution >= 0.6 is 11.8 Å². The smallest absolute Gasteiger partial charge is 0.311 e. The van der Waals surface area contributed by atoms with Crippen LogP contribution in [0.3, 0.4) is 0 Å². The number of carboxylic acids is 1. The summed E-state index contributed by atoms with van der Waals surface area (Å²) in [6.45, 7) is 6.21. The number of aliphatic carboxylic acids is 1. The summed E-state index contributed by atoms with van der Waals surface area (Å²) < 4.78 is 5.73. The third kappa shape index (κ3) is 3.69. The number of hydrogen-bond donors (Lipinski definition) is 1. The van der Waals surface area contributed by atoms with Crippen LogP contribution in [-0.4, -0.2) is 47.3 Å². The van der Waals surface area contributed by atoms with E-state index in [1.165, 1.54) is 0 Å². The molecule has 132 valence electrons. The van der Waals surface area contributed by atoms with Crippen molar-refractivity contribution in [1.29, 1.82) is 0 Å². The van der Waals surface area contributed by atoms with E-state index in [0.717, 1.165) is 4.90 Å². The number of ether oxygens (including phenoxy) is 1. The first-order valence-electron chi connectivity index (χ1n) is 8.13. The molecule has 0 saturated carbocycles. The quantitative estimate of drug-likeness (QED) is 0.798. The van der Waals surface area contributed by atoms with Crippen LogP contribution in [0.15, 0.2) is 29.2 Å². The summed E-state index contributed by atoms with van der Waals surface area (Å²) in [5.41, 5.74) is -0.852. The molecule has 0 radical (unpaired) electrons. The molecule has 24 heavy (non-hydrogen) atoms. The number of carbonyl (C=O) groups is 2. The Morgan fingerprint density at radius 2 is 1.88 bits per heavy atom. The molecule has 1 amide bonds. The Hall–Kier alpha value is -1.69. The molecule has 2 unspecified atom stereocenters. The lowest BCUT2D eigenvalue weighted by Gasteiger charge is -2.29. The molecule has 1 aromatic carbocycles. The van der Waals surface area contributed by atoms with Crippen molar-refractivity contribution < 1.29 is 19.4 Å². The Bertz CT molecular complexity index is 602. The zero-order valence-electron chi connectivity index (χ0n) is 14.6. The highest BCUT2D eigenvalue weighted by atomic mass is 32.2. The Balaban J connectivity index is 2.02. The van der Waals surface area contributed by atoms with Gasteiger partial charge < -0.3 is 14.7 Å². The molecule has 1 aliphatic heterocycles. The topological polar surface area (TPSA) is 66.8 Å². The fourth-order valence-corrected chi connectivity index (χ4v) is 3.49. The first-order valence-corrected chi connectivity index (χ1v) is 9.35. The van der Waals surface area contributed by atoms with E-state index in [0.29, 0.717) is 18.7 Å². The van der Waals surface area contributed by atoms with Crippen LogP contribution in [0.1, 0.15) is 27.2 Å². The van der Waals surface area contributed by atoms with E-state index in [1.54, 1.807) is 23.6 Å². The Labute approximate surface area is 147 Å². The molecule has 6 heteroatoms. The molecular formula is C18H25NO4S. The molecule has 1 aromatic rings. The van der Waals surface area contributed by atoms with E-state index in [9.17, 15) is 14.7 Å². The van der Waals surface area contributed by atoms with Crippen molar-refractivity contribution in [2.24, 2.45) is 11.3 Å². The molecule has 2 atom stereocenters. The molecule has 0 spiro atoms. The zero-order valence-corrected chi connectivity index (χ0v) is 15.4. The van der Waals surface area contributed by atoms with Crippen LogP contribution in [0.5, 0.6) is 5.75 Å². The highest BCUT2D eigenvalue weighted by Crippen LogP contribution is 2.38. The largest absolute Gasteiger partial charge is 0.481 e. The number of carbonyl (C=O) groups excluding carboxylic acids is 1. The van der Waals surface area contributed by atoms with Gasteiger partial charge in [-0.25, -0.2) is 0 Å². The average Bonchev–Trinajstić information content (AvgIpc) is 3.01. The number of rotatable bonds is 6. The van der Waals surface area contributed by atoms with E-state index < -0.39 is 17.5 Å². The van der Waals surface area contributed by atoms with E-state index in [1.807, 2.05) is 44.4 Å². The van der Waals surface area contributed by atoms with Crippen LogP contribution in [0.4, 0.5) is 0 Å². The van der Waals surface area contributed by atoms with Crippen LogP contribution in [-0.2, 0) is 9.59 Å². The van der Waals surface area contributed by atoms with Crippen molar-refractivity contribution in [1.82, 2.24) is 4.90 Å². The number of benzene rings is 1. The summed E-state index contributed by atoms with van der Waals surface area (Å²) in [4.78, 5) is 27.0. The van der Waals surface area contributed by atoms with Gasteiger partial charge >= 0.3 is 5.97 Å². The minimum Gasteiger partial charge on any atom is -0.481 e. The van der Waals surface area contributed by atoms with Gasteiger partial charge in [-0.15, -0.1) is 11.8 Å².